The van der Waals surface area contributed by atoms with Gasteiger partial charge in [0, 0.05) is 13.7 Å². The van der Waals surface area contributed by atoms with Crippen LogP contribution in [0.3, 0.4) is 0 Å². The Bertz CT molecular complexity index is 199. The first kappa shape index (κ1) is 16.6. The molecule has 1 atom stereocenters. The molecule has 5 nitrogen and oxygen atoms in total. The predicted octanol–water partition coefficient (Wildman–Crippen LogP) is 0.330. The molecule has 17 heavy (non-hydrogen) atoms. The number of amides is 1. The highest BCUT2D eigenvalue weighted by atomic mass is 35.5. The minimum absolute atomic E-state index is 0. The number of ether oxygens (including phenoxy) is 2. The Labute approximate surface area is 109 Å². The van der Waals surface area contributed by atoms with Gasteiger partial charge >= 0.3 is 0 Å². The fraction of sp³-hybridized carbons (Fsp3) is 0.909. The minimum atomic E-state index is -0.00674. The third kappa shape index (κ3) is 7.54. The summed E-state index contributed by atoms with van der Waals surface area (Å²) in [4.78, 5) is 11.6. The molecule has 1 aliphatic heterocycles. The summed E-state index contributed by atoms with van der Waals surface area (Å²) < 4.78 is 10.1. The van der Waals surface area contributed by atoms with Crippen LogP contribution in [0.15, 0.2) is 0 Å². The van der Waals surface area contributed by atoms with Crippen molar-refractivity contribution < 1.29 is 14.3 Å². The lowest BCUT2D eigenvalue weighted by atomic mass is 10.0. The van der Waals surface area contributed by atoms with Gasteiger partial charge in [-0.25, -0.2) is 0 Å². The molecule has 1 saturated heterocycles. The zero-order valence-corrected chi connectivity index (χ0v) is 11.2. The number of methoxy groups -OCH3 is 1. The highest BCUT2D eigenvalue weighted by molar-refractivity contribution is 5.85. The summed E-state index contributed by atoms with van der Waals surface area (Å²) in [7, 11) is 1.64. The van der Waals surface area contributed by atoms with Crippen LogP contribution in [-0.2, 0) is 14.3 Å². The molecular weight excluding hydrogens is 244 g/mol. The molecule has 1 rings (SSSR count). The standard InChI is InChI=1S/C11H22N2O3.ClH/c1-15-8-9-16-7-6-13-11(14)10-4-2-3-5-12-10;/h10,12H,2-9H2,1H3,(H,13,14);1H/t10-;/m1./s1. The van der Waals surface area contributed by atoms with Crippen LogP contribution < -0.4 is 10.6 Å². The average molecular weight is 267 g/mol. The van der Waals surface area contributed by atoms with Gasteiger partial charge in [0.15, 0.2) is 0 Å². The molecule has 6 heteroatoms. The van der Waals surface area contributed by atoms with Crippen molar-refractivity contribution >= 4 is 18.3 Å². The van der Waals surface area contributed by atoms with Crippen LogP contribution in [0.2, 0.25) is 0 Å². The molecule has 1 aliphatic rings. The van der Waals surface area contributed by atoms with Crippen LogP contribution >= 0.6 is 12.4 Å². The van der Waals surface area contributed by atoms with E-state index in [4.69, 9.17) is 9.47 Å². The molecule has 1 fully saturated rings. The Kier molecular flexibility index (Phi) is 10.5. The number of halogens is 1. The van der Waals surface area contributed by atoms with Crippen molar-refractivity contribution in [3.8, 4) is 0 Å². The van der Waals surface area contributed by atoms with Gasteiger partial charge in [0.25, 0.3) is 0 Å². The van der Waals surface area contributed by atoms with E-state index in [9.17, 15) is 4.79 Å². The SMILES string of the molecule is COCCOCCNC(=O)[C@H]1CCCCN1.Cl. The van der Waals surface area contributed by atoms with Gasteiger partial charge in [0.1, 0.15) is 0 Å². The number of rotatable bonds is 7. The fourth-order valence-electron chi connectivity index (χ4n) is 1.69. The minimum Gasteiger partial charge on any atom is -0.382 e. The highest BCUT2D eigenvalue weighted by Crippen LogP contribution is 2.06. The summed E-state index contributed by atoms with van der Waals surface area (Å²) in [5.41, 5.74) is 0. The molecule has 0 saturated carbocycles. The number of carbonyl (C=O) groups excluding carboxylic acids is 1. The lowest BCUT2D eigenvalue weighted by Crippen LogP contribution is -2.47. The van der Waals surface area contributed by atoms with Crippen LogP contribution in [0.25, 0.3) is 0 Å². The molecule has 0 aliphatic carbocycles. The van der Waals surface area contributed by atoms with Crippen molar-refractivity contribution in [3.63, 3.8) is 0 Å². The molecule has 0 unspecified atom stereocenters. The Morgan fingerprint density at radius 3 is 2.82 bits per heavy atom. The summed E-state index contributed by atoms with van der Waals surface area (Å²) >= 11 is 0. The number of hydrogen-bond acceptors (Lipinski definition) is 4. The molecule has 0 aromatic carbocycles. The van der Waals surface area contributed by atoms with E-state index in [1.54, 1.807) is 7.11 Å². The van der Waals surface area contributed by atoms with Crippen molar-refractivity contribution in [1.29, 1.82) is 0 Å². The quantitative estimate of drug-likeness (QED) is 0.652. The molecule has 0 aromatic rings. The van der Waals surface area contributed by atoms with E-state index >= 15 is 0 Å². The molecule has 1 amide bonds. The van der Waals surface area contributed by atoms with Gasteiger partial charge in [-0.3, -0.25) is 4.79 Å². The van der Waals surface area contributed by atoms with E-state index in [0.717, 1.165) is 19.4 Å². The maximum absolute atomic E-state index is 11.6. The number of carbonyl (C=O) groups is 1. The second-order valence-electron chi connectivity index (χ2n) is 3.90. The summed E-state index contributed by atoms with van der Waals surface area (Å²) in [6.45, 7) is 3.23. The first-order valence-corrected chi connectivity index (χ1v) is 5.92. The van der Waals surface area contributed by atoms with Crippen LogP contribution in [-0.4, -0.2) is 52.0 Å². The Morgan fingerprint density at radius 2 is 2.18 bits per heavy atom. The summed E-state index contributed by atoms with van der Waals surface area (Å²) in [5, 5.41) is 6.07. The first-order valence-electron chi connectivity index (χ1n) is 5.92. The average Bonchev–Trinajstić information content (AvgIpc) is 2.34. The van der Waals surface area contributed by atoms with Gasteiger partial charge in [-0.15, -0.1) is 12.4 Å². The molecule has 0 spiro atoms. The summed E-state index contributed by atoms with van der Waals surface area (Å²) in [6, 6.07) is -0.00674. The summed E-state index contributed by atoms with van der Waals surface area (Å²) in [6.07, 6.45) is 3.25. The van der Waals surface area contributed by atoms with Crippen molar-refractivity contribution in [1.82, 2.24) is 10.6 Å². The van der Waals surface area contributed by atoms with Crippen LogP contribution in [0.4, 0.5) is 0 Å². The summed E-state index contributed by atoms with van der Waals surface area (Å²) in [5.74, 6) is 0.0926. The van der Waals surface area contributed by atoms with E-state index in [1.807, 2.05) is 0 Å². The third-order valence-corrected chi connectivity index (χ3v) is 2.60. The van der Waals surface area contributed by atoms with E-state index in [1.165, 1.54) is 6.42 Å². The normalized spacial score (nSPS) is 19.5. The monoisotopic (exact) mass is 266 g/mol. The van der Waals surface area contributed by atoms with E-state index in [0.29, 0.717) is 26.4 Å². The molecule has 2 N–H and O–H groups in total. The molecule has 1 heterocycles. The van der Waals surface area contributed by atoms with Gasteiger partial charge in [0.2, 0.25) is 5.91 Å². The van der Waals surface area contributed by atoms with Crippen LogP contribution in [0, 0.1) is 0 Å². The molecule has 102 valence electrons. The van der Waals surface area contributed by atoms with Crippen molar-refractivity contribution in [2.24, 2.45) is 0 Å². The van der Waals surface area contributed by atoms with Crippen molar-refractivity contribution in [2.75, 3.05) is 40.0 Å². The smallest absolute Gasteiger partial charge is 0.237 e. The first-order chi connectivity index (χ1) is 7.84. The van der Waals surface area contributed by atoms with Crippen LogP contribution in [0.5, 0.6) is 0 Å². The van der Waals surface area contributed by atoms with E-state index in [2.05, 4.69) is 10.6 Å². The van der Waals surface area contributed by atoms with E-state index in [-0.39, 0.29) is 24.4 Å². The zero-order chi connectivity index (χ0) is 11.6. The van der Waals surface area contributed by atoms with Gasteiger partial charge in [-0.1, -0.05) is 6.42 Å². The maximum atomic E-state index is 11.6. The fourth-order valence-corrected chi connectivity index (χ4v) is 1.69. The van der Waals surface area contributed by atoms with Gasteiger partial charge in [-0.2, -0.15) is 0 Å². The predicted molar refractivity (Wildman–Crippen MR) is 68.6 cm³/mol. The second-order valence-corrected chi connectivity index (χ2v) is 3.90. The zero-order valence-electron chi connectivity index (χ0n) is 10.4. The second kappa shape index (κ2) is 10.8. The third-order valence-electron chi connectivity index (χ3n) is 2.60. The molecule has 0 bridgehead atoms. The lowest BCUT2D eigenvalue weighted by Gasteiger charge is -2.22. The largest absolute Gasteiger partial charge is 0.382 e. The molecular formula is C11H23ClN2O3. The van der Waals surface area contributed by atoms with E-state index < -0.39 is 0 Å². The molecule has 0 aromatic heterocycles. The lowest BCUT2D eigenvalue weighted by molar-refractivity contribution is -0.123. The Hall–Kier alpha value is -0.360. The Balaban J connectivity index is 0.00000256. The topological polar surface area (TPSA) is 59.6 Å². The Morgan fingerprint density at radius 1 is 1.35 bits per heavy atom. The van der Waals surface area contributed by atoms with Gasteiger partial charge in [-0.05, 0) is 19.4 Å². The number of hydrogen-bond donors (Lipinski definition) is 2. The maximum Gasteiger partial charge on any atom is 0.237 e. The van der Waals surface area contributed by atoms with Gasteiger partial charge in [0.05, 0.1) is 25.9 Å². The highest BCUT2D eigenvalue weighted by Gasteiger charge is 2.19. The van der Waals surface area contributed by atoms with Crippen molar-refractivity contribution in [3.05, 3.63) is 0 Å². The van der Waals surface area contributed by atoms with Gasteiger partial charge < -0.3 is 20.1 Å². The molecule has 0 radical (unpaired) electrons. The number of nitrogens with one attached hydrogen (secondary N) is 2. The van der Waals surface area contributed by atoms with Crippen molar-refractivity contribution in [2.45, 2.75) is 25.3 Å². The van der Waals surface area contributed by atoms with Crippen LogP contribution in [0.1, 0.15) is 19.3 Å². The number of piperidine rings is 1.